The first kappa shape index (κ1) is 15.6. The molecular weight excluding hydrogens is 324 g/mol. The molecule has 0 N–H and O–H groups in total. The molecule has 1 aliphatic rings. The van der Waals surface area contributed by atoms with Crippen molar-refractivity contribution < 1.29 is 9.15 Å². The van der Waals surface area contributed by atoms with Gasteiger partial charge in [0.25, 0.3) is 0 Å². The number of aryl methyl sites for hydroxylation is 1. The molecule has 0 aromatic carbocycles. The predicted molar refractivity (Wildman–Crippen MR) is 91.8 cm³/mol. The number of hydrogen-bond donors (Lipinski definition) is 0. The Hall–Kier alpha value is -1.96. The molecule has 0 aliphatic carbocycles. The molecule has 1 fully saturated rings. The van der Waals surface area contributed by atoms with Gasteiger partial charge < -0.3 is 9.15 Å². The molecule has 1 saturated heterocycles. The van der Waals surface area contributed by atoms with Crippen molar-refractivity contribution in [3.63, 3.8) is 0 Å². The Labute approximate surface area is 144 Å². The highest BCUT2D eigenvalue weighted by Crippen LogP contribution is 2.24. The van der Waals surface area contributed by atoms with Gasteiger partial charge in [0.15, 0.2) is 0 Å². The minimum absolute atomic E-state index is 0.154. The molecular formula is C17H20N4O2S. The van der Waals surface area contributed by atoms with Gasteiger partial charge in [-0.15, -0.1) is 11.3 Å². The van der Waals surface area contributed by atoms with E-state index in [1.165, 1.54) is 5.56 Å². The number of oxazole rings is 1. The molecule has 0 spiro atoms. The second kappa shape index (κ2) is 6.88. The number of aromatic nitrogens is 3. The normalized spacial score (nSPS) is 19.0. The minimum Gasteiger partial charge on any atom is -0.444 e. The summed E-state index contributed by atoms with van der Waals surface area (Å²) in [6.45, 7) is 6.14. The molecule has 1 atom stereocenters. The Bertz CT molecular complexity index is 780. The van der Waals surface area contributed by atoms with Crippen LogP contribution < -0.4 is 0 Å². The zero-order valence-corrected chi connectivity index (χ0v) is 14.4. The van der Waals surface area contributed by atoms with Crippen molar-refractivity contribution in [1.82, 2.24) is 19.7 Å². The van der Waals surface area contributed by atoms with Crippen molar-refractivity contribution >= 4 is 11.3 Å². The van der Waals surface area contributed by atoms with Gasteiger partial charge in [-0.3, -0.25) is 9.58 Å². The lowest BCUT2D eigenvalue weighted by Gasteiger charge is -2.32. The summed E-state index contributed by atoms with van der Waals surface area (Å²) in [5.74, 6) is 0.705. The molecule has 7 heteroatoms. The molecule has 4 heterocycles. The lowest BCUT2D eigenvalue weighted by atomic mass is 10.2. The van der Waals surface area contributed by atoms with Crippen molar-refractivity contribution in [2.24, 2.45) is 0 Å². The average molecular weight is 344 g/mol. The molecule has 0 bridgehead atoms. The zero-order chi connectivity index (χ0) is 16.4. The van der Waals surface area contributed by atoms with Gasteiger partial charge in [0.05, 0.1) is 36.0 Å². The van der Waals surface area contributed by atoms with Gasteiger partial charge in [-0.25, -0.2) is 4.98 Å². The first-order chi connectivity index (χ1) is 11.8. The largest absolute Gasteiger partial charge is 0.444 e. The predicted octanol–water partition coefficient (Wildman–Crippen LogP) is 2.81. The monoisotopic (exact) mass is 344 g/mol. The van der Waals surface area contributed by atoms with Gasteiger partial charge in [-0.05, 0) is 23.9 Å². The Balaban J connectivity index is 1.36. The third kappa shape index (κ3) is 3.58. The molecule has 0 saturated carbocycles. The summed E-state index contributed by atoms with van der Waals surface area (Å²) in [6.07, 6.45) is 5.84. The van der Waals surface area contributed by atoms with Gasteiger partial charge in [-0.2, -0.15) is 5.10 Å². The molecule has 1 aliphatic heterocycles. The van der Waals surface area contributed by atoms with Crippen molar-refractivity contribution in [2.75, 3.05) is 19.7 Å². The number of rotatable bonds is 5. The second-order valence-electron chi connectivity index (χ2n) is 6.09. The SMILES string of the molecule is Cc1cnn(C[C@@H]2CN(Cc3coc(-c4cccs4)n3)CCO2)c1. The lowest BCUT2D eigenvalue weighted by molar-refractivity contribution is -0.0405. The van der Waals surface area contributed by atoms with Crippen molar-refractivity contribution in [3.8, 4) is 10.8 Å². The Kier molecular flexibility index (Phi) is 4.46. The highest BCUT2D eigenvalue weighted by atomic mass is 32.1. The summed E-state index contributed by atoms with van der Waals surface area (Å²) in [5.41, 5.74) is 2.14. The Morgan fingerprint density at radius 3 is 3.17 bits per heavy atom. The zero-order valence-electron chi connectivity index (χ0n) is 13.6. The molecule has 24 heavy (non-hydrogen) atoms. The summed E-state index contributed by atoms with van der Waals surface area (Å²) in [6, 6.07) is 4.03. The molecule has 0 unspecified atom stereocenters. The number of nitrogens with zero attached hydrogens (tertiary/aromatic N) is 4. The topological polar surface area (TPSA) is 56.3 Å². The smallest absolute Gasteiger partial charge is 0.236 e. The highest BCUT2D eigenvalue weighted by Gasteiger charge is 2.22. The van der Waals surface area contributed by atoms with E-state index in [0.717, 1.165) is 43.4 Å². The fourth-order valence-electron chi connectivity index (χ4n) is 2.93. The minimum atomic E-state index is 0.154. The van der Waals surface area contributed by atoms with Crippen LogP contribution in [0.15, 0.2) is 40.6 Å². The van der Waals surface area contributed by atoms with Gasteiger partial charge in [0, 0.05) is 25.8 Å². The second-order valence-corrected chi connectivity index (χ2v) is 7.04. The van der Waals surface area contributed by atoms with Crippen LogP contribution in [-0.4, -0.2) is 45.5 Å². The summed E-state index contributed by atoms with van der Waals surface area (Å²) in [7, 11) is 0. The molecule has 0 radical (unpaired) electrons. The van der Waals surface area contributed by atoms with Crippen molar-refractivity contribution in [2.45, 2.75) is 26.1 Å². The van der Waals surface area contributed by atoms with Gasteiger partial charge >= 0.3 is 0 Å². The van der Waals surface area contributed by atoms with Gasteiger partial charge in [0.1, 0.15) is 6.26 Å². The molecule has 3 aromatic rings. The number of hydrogen-bond acceptors (Lipinski definition) is 6. The maximum absolute atomic E-state index is 5.88. The quantitative estimate of drug-likeness (QED) is 0.712. The fourth-order valence-corrected chi connectivity index (χ4v) is 3.59. The van der Waals surface area contributed by atoms with Crippen molar-refractivity contribution in [1.29, 1.82) is 0 Å². The summed E-state index contributed by atoms with van der Waals surface area (Å²) in [5, 5.41) is 6.37. The van der Waals surface area contributed by atoms with Crippen LogP contribution in [0.5, 0.6) is 0 Å². The summed E-state index contributed by atoms with van der Waals surface area (Å²) >= 11 is 1.64. The average Bonchev–Trinajstić information content (AvgIpc) is 3.29. The van der Waals surface area contributed by atoms with E-state index in [1.807, 2.05) is 41.5 Å². The van der Waals surface area contributed by atoms with Crippen LogP contribution in [0.1, 0.15) is 11.3 Å². The van der Waals surface area contributed by atoms with Crippen LogP contribution in [0.4, 0.5) is 0 Å². The van der Waals surface area contributed by atoms with E-state index in [0.29, 0.717) is 5.89 Å². The Morgan fingerprint density at radius 2 is 2.38 bits per heavy atom. The fraction of sp³-hybridized carbons (Fsp3) is 0.412. The molecule has 0 amide bonds. The van der Waals surface area contributed by atoms with E-state index in [1.54, 1.807) is 17.6 Å². The third-order valence-electron chi connectivity index (χ3n) is 4.05. The summed E-state index contributed by atoms with van der Waals surface area (Å²) in [4.78, 5) is 8.03. The highest BCUT2D eigenvalue weighted by molar-refractivity contribution is 7.13. The molecule has 3 aromatic heterocycles. The third-order valence-corrected chi connectivity index (χ3v) is 4.90. The molecule has 126 valence electrons. The van der Waals surface area contributed by atoms with Crippen LogP contribution in [0.2, 0.25) is 0 Å². The van der Waals surface area contributed by atoms with E-state index >= 15 is 0 Å². The number of ether oxygens (including phenoxy) is 1. The van der Waals surface area contributed by atoms with Crippen LogP contribution in [-0.2, 0) is 17.8 Å². The van der Waals surface area contributed by atoms with Gasteiger partial charge in [0.2, 0.25) is 5.89 Å². The van der Waals surface area contributed by atoms with Crippen LogP contribution >= 0.6 is 11.3 Å². The van der Waals surface area contributed by atoms with Crippen LogP contribution in [0.3, 0.4) is 0 Å². The lowest BCUT2D eigenvalue weighted by Crippen LogP contribution is -2.43. The first-order valence-electron chi connectivity index (χ1n) is 8.07. The van der Waals surface area contributed by atoms with Crippen LogP contribution in [0.25, 0.3) is 10.8 Å². The standard InChI is InChI=1S/C17H20N4O2S/c1-13-7-18-21(8-13)11-15-10-20(4-5-22-15)9-14-12-23-17(19-14)16-3-2-6-24-16/h2-3,6-8,12,15H,4-5,9-11H2,1H3/t15-/m0/s1. The van der Waals surface area contributed by atoms with Gasteiger partial charge in [-0.1, -0.05) is 6.07 Å². The van der Waals surface area contributed by atoms with E-state index in [-0.39, 0.29) is 6.10 Å². The number of thiophene rings is 1. The summed E-state index contributed by atoms with van der Waals surface area (Å²) < 4.78 is 13.4. The number of morpholine rings is 1. The maximum atomic E-state index is 5.88. The first-order valence-corrected chi connectivity index (χ1v) is 8.95. The molecule has 4 rings (SSSR count). The van der Waals surface area contributed by atoms with Crippen LogP contribution in [0, 0.1) is 6.92 Å². The van der Waals surface area contributed by atoms with E-state index in [9.17, 15) is 0 Å². The van der Waals surface area contributed by atoms with E-state index < -0.39 is 0 Å². The van der Waals surface area contributed by atoms with E-state index in [2.05, 4.69) is 15.0 Å². The maximum Gasteiger partial charge on any atom is 0.236 e. The van der Waals surface area contributed by atoms with E-state index in [4.69, 9.17) is 9.15 Å². The molecule has 6 nitrogen and oxygen atoms in total. The van der Waals surface area contributed by atoms with Crippen molar-refractivity contribution in [3.05, 3.63) is 47.4 Å². The Morgan fingerprint density at radius 1 is 1.42 bits per heavy atom.